The molecule has 1 aromatic carbocycles. The molecule has 0 spiro atoms. The quantitative estimate of drug-likeness (QED) is 0.674. The van der Waals surface area contributed by atoms with Crippen molar-refractivity contribution in [3.63, 3.8) is 0 Å². The second kappa shape index (κ2) is 5.59. The first-order valence-electron chi connectivity index (χ1n) is 5.74. The molecule has 1 rings (SSSR count). The Morgan fingerprint density at radius 2 is 1.60 bits per heavy atom. The summed E-state index contributed by atoms with van der Waals surface area (Å²) in [6.07, 6.45) is 0.00411. The van der Waals surface area contributed by atoms with Crippen LogP contribution in [-0.4, -0.2) is 24.9 Å². The molecule has 0 radical (unpaired) electrons. The Kier molecular flexibility index (Phi) is 4.51. The summed E-state index contributed by atoms with van der Waals surface area (Å²) < 4.78 is 31.7. The van der Waals surface area contributed by atoms with E-state index in [1.54, 1.807) is 0 Å². The van der Waals surface area contributed by atoms with Gasteiger partial charge in [0, 0.05) is 11.1 Å². The van der Waals surface area contributed by atoms with Crippen molar-refractivity contribution in [1.29, 1.82) is 0 Å². The van der Waals surface area contributed by atoms with Crippen molar-refractivity contribution in [2.75, 3.05) is 0 Å². The highest BCUT2D eigenvalue weighted by Crippen LogP contribution is 2.27. The molecule has 7 nitrogen and oxygen atoms in total. The predicted octanol–water partition coefficient (Wildman–Crippen LogP) is -1.21. The SMILES string of the molecule is CCc1c(C(=O)[O-])cc(S(=O)(=O)O)c(CC)c1C(=O)[O-]. The van der Waals surface area contributed by atoms with Gasteiger partial charge in [-0.05, 0) is 30.0 Å². The Bertz CT molecular complexity index is 674. The van der Waals surface area contributed by atoms with Crippen LogP contribution in [0.5, 0.6) is 0 Å². The molecule has 0 amide bonds. The van der Waals surface area contributed by atoms with Gasteiger partial charge in [0.15, 0.2) is 0 Å². The number of benzene rings is 1. The summed E-state index contributed by atoms with van der Waals surface area (Å²) in [5, 5.41) is 22.2. The summed E-state index contributed by atoms with van der Waals surface area (Å²) in [6, 6.07) is 0.717. The molecular weight excluding hydrogens is 288 g/mol. The Balaban J connectivity index is 4.01. The normalized spacial score (nSPS) is 11.3. The van der Waals surface area contributed by atoms with Crippen LogP contribution in [0.25, 0.3) is 0 Å². The third kappa shape index (κ3) is 2.81. The van der Waals surface area contributed by atoms with E-state index in [-0.39, 0.29) is 24.0 Å². The number of hydrogen-bond acceptors (Lipinski definition) is 6. The van der Waals surface area contributed by atoms with Crippen molar-refractivity contribution >= 4 is 22.1 Å². The summed E-state index contributed by atoms with van der Waals surface area (Å²) in [5.41, 5.74) is -1.38. The molecule has 0 aliphatic carbocycles. The maximum atomic E-state index is 11.3. The molecule has 110 valence electrons. The minimum Gasteiger partial charge on any atom is -0.545 e. The number of carbonyl (C=O) groups excluding carboxylic acids is 2. The van der Waals surface area contributed by atoms with E-state index in [9.17, 15) is 28.2 Å². The van der Waals surface area contributed by atoms with Gasteiger partial charge in [-0.15, -0.1) is 0 Å². The molecule has 8 heteroatoms. The zero-order chi connectivity index (χ0) is 15.7. The zero-order valence-corrected chi connectivity index (χ0v) is 11.6. The van der Waals surface area contributed by atoms with Gasteiger partial charge in [-0.2, -0.15) is 8.42 Å². The summed E-state index contributed by atoms with van der Waals surface area (Å²) in [6.45, 7) is 3.00. The molecule has 0 atom stereocenters. The number of carboxylic acid groups (broad SMARTS) is 2. The first-order valence-corrected chi connectivity index (χ1v) is 7.18. The molecule has 0 saturated heterocycles. The lowest BCUT2D eigenvalue weighted by molar-refractivity contribution is -0.255. The van der Waals surface area contributed by atoms with E-state index in [0.717, 1.165) is 6.07 Å². The van der Waals surface area contributed by atoms with Gasteiger partial charge in [-0.1, -0.05) is 13.8 Å². The number of carbonyl (C=O) groups is 2. The van der Waals surface area contributed by atoms with Gasteiger partial charge >= 0.3 is 0 Å². The maximum absolute atomic E-state index is 11.3. The fraction of sp³-hybridized carbons (Fsp3) is 0.333. The summed E-state index contributed by atoms with van der Waals surface area (Å²) in [5.74, 6) is -3.43. The van der Waals surface area contributed by atoms with E-state index in [4.69, 9.17) is 4.55 Å². The first-order chi connectivity index (χ1) is 9.15. The van der Waals surface area contributed by atoms with Gasteiger partial charge < -0.3 is 19.8 Å². The molecular formula is C12H12O7S-2. The molecule has 1 N–H and O–H groups in total. The summed E-state index contributed by atoms with van der Waals surface area (Å²) in [7, 11) is -4.76. The van der Waals surface area contributed by atoms with Crippen LogP contribution in [0.4, 0.5) is 0 Å². The molecule has 0 heterocycles. The van der Waals surface area contributed by atoms with Crippen molar-refractivity contribution in [3.8, 4) is 0 Å². The summed E-state index contributed by atoms with van der Waals surface area (Å²) in [4.78, 5) is 21.5. The van der Waals surface area contributed by atoms with Gasteiger partial charge in [0.25, 0.3) is 10.1 Å². The molecule has 0 unspecified atom stereocenters. The second-order valence-corrected chi connectivity index (χ2v) is 5.40. The minimum atomic E-state index is -4.76. The van der Waals surface area contributed by atoms with Crippen molar-refractivity contribution < 1.29 is 32.8 Å². The van der Waals surface area contributed by atoms with Gasteiger partial charge in [0.1, 0.15) is 0 Å². The van der Waals surface area contributed by atoms with Crippen LogP contribution in [0.15, 0.2) is 11.0 Å². The van der Waals surface area contributed by atoms with Crippen molar-refractivity contribution in [2.24, 2.45) is 0 Å². The van der Waals surface area contributed by atoms with E-state index >= 15 is 0 Å². The van der Waals surface area contributed by atoms with Gasteiger partial charge in [-0.3, -0.25) is 4.55 Å². The Hall–Kier alpha value is -1.93. The second-order valence-electron chi connectivity index (χ2n) is 4.01. The number of hydrogen-bond donors (Lipinski definition) is 1. The fourth-order valence-electron chi connectivity index (χ4n) is 2.12. The topological polar surface area (TPSA) is 135 Å². The van der Waals surface area contributed by atoms with Crippen molar-refractivity contribution in [1.82, 2.24) is 0 Å². The Morgan fingerprint density at radius 3 is 1.90 bits per heavy atom. The zero-order valence-electron chi connectivity index (χ0n) is 10.8. The van der Waals surface area contributed by atoms with E-state index in [1.807, 2.05) is 0 Å². The molecule has 1 aromatic rings. The lowest BCUT2D eigenvalue weighted by atomic mass is 9.93. The highest BCUT2D eigenvalue weighted by molar-refractivity contribution is 7.85. The highest BCUT2D eigenvalue weighted by Gasteiger charge is 2.23. The van der Waals surface area contributed by atoms with E-state index in [1.165, 1.54) is 13.8 Å². The van der Waals surface area contributed by atoms with Gasteiger partial charge in [-0.25, -0.2) is 0 Å². The van der Waals surface area contributed by atoms with Crippen molar-refractivity contribution in [2.45, 2.75) is 31.6 Å². The van der Waals surface area contributed by atoms with Crippen molar-refractivity contribution in [3.05, 3.63) is 28.3 Å². The van der Waals surface area contributed by atoms with Gasteiger partial charge in [0.05, 0.1) is 16.8 Å². The summed E-state index contributed by atoms with van der Waals surface area (Å²) >= 11 is 0. The average molecular weight is 300 g/mol. The Labute approximate surface area is 115 Å². The highest BCUT2D eigenvalue weighted by atomic mass is 32.2. The van der Waals surface area contributed by atoms with E-state index in [2.05, 4.69) is 0 Å². The van der Waals surface area contributed by atoms with Gasteiger partial charge in [0.2, 0.25) is 0 Å². The van der Waals surface area contributed by atoms with Crippen LogP contribution in [0.2, 0.25) is 0 Å². The number of aromatic carboxylic acids is 2. The molecule has 0 aliphatic rings. The molecule has 0 aromatic heterocycles. The molecule has 0 bridgehead atoms. The van der Waals surface area contributed by atoms with Crippen LogP contribution >= 0.6 is 0 Å². The number of rotatable bonds is 5. The number of carboxylic acids is 2. The van der Waals surface area contributed by atoms with Crippen LogP contribution in [-0.2, 0) is 23.0 Å². The third-order valence-corrected chi connectivity index (χ3v) is 3.83. The molecule has 0 fully saturated rings. The lowest BCUT2D eigenvalue weighted by Crippen LogP contribution is -2.30. The van der Waals surface area contributed by atoms with Crippen LogP contribution in [0.3, 0.4) is 0 Å². The standard InChI is InChI=1S/C12H14O7S/c1-3-6-8(11(13)14)5-9(20(17,18)19)7(4-2)10(6)12(15)16/h5H,3-4H2,1-2H3,(H,13,14)(H,15,16)(H,17,18,19)/p-2. The smallest absolute Gasteiger partial charge is 0.294 e. The Morgan fingerprint density at radius 1 is 1.10 bits per heavy atom. The predicted molar refractivity (Wildman–Crippen MR) is 63.7 cm³/mol. The van der Waals surface area contributed by atoms with Crippen LogP contribution in [0, 0.1) is 0 Å². The average Bonchev–Trinajstić information content (AvgIpc) is 2.34. The largest absolute Gasteiger partial charge is 0.545 e. The molecule has 20 heavy (non-hydrogen) atoms. The molecule has 0 aliphatic heterocycles. The lowest BCUT2D eigenvalue weighted by Gasteiger charge is -2.21. The maximum Gasteiger partial charge on any atom is 0.294 e. The van der Waals surface area contributed by atoms with E-state index < -0.39 is 38.1 Å². The van der Waals surface area contributed by atoms with Crippen LogP contribution < -0.4 is 10.2 Å². The first kappa shape index (κ1) is 16.1. The third-order valence-electron chi connectivity index (χ3n) is 2.91. The monoisotopic (exact) mass is 300 g/mol. The molecule has 0 saturated carbocycles. The minimum absolute atomic E-state index is 0.0290. The fourth-order valence-corrected chi connectivity index (χ4v) is 2.95. The van der Waals surface area contributed by atoms with E-state index in [0.29, 0.717) is 0 Å². The van der Waals surface area contributed by atoms with Crippen LogP contribution in [0.1, 0.15) is 45.7 Å².